The van der Waals surface area contributed by atoms with Gasteiger partial charge in [-0.25, -0.2) is 0 Å². The summed E-state index contributed by atoms with van der Waals surface area (Å²) in [7, 11) is 1.62. The first kappa shape index (κ1) is 14.7. The van der Waals surface area contributed by atoms with Crippen molar-refractivity contribution in [2.45, 2.75) is 19.3 Å². The number of carbonyl (C=O) groups is 1. The van der Waals surface area contributed by atoms with Crippen molar-refractivity contribution in [3.63, 3.8) is 0 Å². The Morgan fingerprint density at radius 2 is 2.20 bits per heavy atom. The Morgan fingerprint density at radius 1 is 1.35 bits per heavy atom. The van der Waals surface area contributed by atoms with Gasteiger partial charge in [-0.15, -0.1) is 0 Å². The van der Waals surface area contributed by atoms with Gasteiger partial charge in [0, 0.05) is 35.3 Å². The third kappa shape index (κ3) is 4.17. The monoisotopic (exact) mass is 333 g/mol. The van der Waals surface area contributed by atoms with Gasteiger partial charge < -0.3 is 4.74 Å². The largest absolute Gasteiger partial charge is 0.496 e. The Bertz CT molecular complexity index is 584. The van der Waals surface area contributed by atoms with E-state index in [4.69, 9.17) is 4.74 Å². The molecule has 0 aliphatic rings. The number of aryl methyl sites for hydroxylation is 1. The molecule has 2 aromatic rings. The molecule has 0 fully saturated rings. The number of nitrogens with zero attached hydrogens (tertiary/aromatic N) is 1. The van der Waals surface area contributed by atoms with Crippen LogP contribution in [-0.4, -0.2) is 17.9 Å². The maximum atomic E-state index is 12.1. The van der Waals surface area contributed by atoms with Gasteiger partial charge in [0.25, 0.3) is 0 Å². The molecule has 20 heavy (non-hydrogen) atoms. The molecular weight excluding hydrogens is 318 g/mol. The van der Waals surface area contributed by atoms with Gasteiger partial charge in [-0.1, -0.05) is 22.0 Å². The lowest BCUT2D eigenvalue weighted by Gasteiger charge is -2.08. The van der Waals surface area contributed by atoms with Crippen LogP contribution in [0.25, 0.3) is 0 Å². The van der Waals surface area contributed by atoms with Gasteiger partial charge in [0.05, 0.1) is 7.11 Å². The van der Waals surface area contributed by atoms with Crippen molar-refractivity contribution in [1.82, 2.24) is 4.98 Å². The molecular formula is C16H16BrNO2. The van der Waals surface area contributed by atoms with E-state index in [0.717, 1.165) is 27.8 Å². The van der Waals surface area contributed by atoms with Crippen molar-refractivity contribution >= 4 is 21.7 Å². The number of hydrogen-bond donors (Lipinski definition) is 0. The fourth-order valence-electron chi connectivity index (χ4n) is 2.02. The number of aromatic nitrogens is 1. The second kappa shape index (κ2) is 7.20. The summed E-state index contributed by atoms with van der Waals surface area (Å²) < 4.78 is 6.23. The molecule has 0 unspecified atom stereocenters. The Balaban J connectivity index is 1.96. The van der Waals surface area contributed by atoms with E-state index in [9.17, 15) is 4.79 Å². The van der Waals surface area contributed by atoms with Crippen molar-refractivity contribution in [3.8, 4) is 5.75 Å². The van der Waals surface area contributed by atoms with Crippen LogP contribution in [0.4, 0.5) is 0 Å². The number of rotatable bonds is 6. The van der Waals surface area contributed by atoms with Crippen molar-refractivity contribution in [2.75, 3.05) is 7.11 Å². The molecule has 0 radical (unpaired) electrons. The Hall–Kier alpha value is -1.68. The summed E-state index contributed by atoms with van der Waals surface area (Å²) in [5, 5.41) is 0. The molecule has 104 valence electrons. The van der Waals surface area contributed by atoms with Crippen molar-refractivity contribution < 1.29 is 9.53 Å². The normalized spacial score (nSPS) is 10.3. The number of carbonyl (C=O) groups excluding carboxylic acids is 1. The maximum Gasteiger partial charge on any atom is 0.137 e. The highest BCUT2D eigenvalue weighted by atomic mass is 79.9. The molecule has 1 aromatic carbocycles. The smallest absolute Gasteiger partial charge is 0.137 e. The minimum atomic E-state index is 0.199. The van der Waals surface area contributed by atoms with Crippen molar-refractivity contribution in [3.05, 3.63) is 58.3 Å². The summed E-state index contributed by atoms with van der Waals surface area (Å²) in [4.78, 5) is 16.1. The summed E-state index contributed by atoms with van der Waals surface area (Å²) in [5.74, 6) is 0.952. The molecule has 0 bridgehead atoms. The highest BCUT2D eigenvalue weighted by Gasteiger charge is 2.09. The van der Waals surface area contributed by atoms with Crippen LogP contribution in [0.1, 0.15) is 17.5 Å². The molecule has 1 aromatic heterocycles. The summed E-state index contributed by atoms with van der Waals surface area (Å²) in [5.41, 5.74) is 2.00. The quantitative estimate of drug-likeness (QED) is 0.810. The molecule has 2 rings (SSSR count). The number of Topliss-reactive ketones (excluding diaryl/α,β-unsaturated/α-hetero) is 1. The van der Waals surface area contributed by atoms with Gasteiger partial charge in [-0.05, 0) is 36.2 Å². The summed E-state index contributed by atoms with van der Waals surface area (Å²) in [6.07, 6.45) is 5.16. The van der Waals surface area contributed by atoms with Gasteiger partial charge >= 0.3 is 0 Å². The molecule has 4 heteroatoms. The van der Waals surface area contributed by atoms with Crippen LogP contribution in [0.5, 0.6) is 5.75 Å². The minimum Gasteiger partial charge on any atom is -0.496 e. The molecule has 0 amide bonds. The number of pyridine rings is 1. The number of methoxy groups -OCH3 is 1. The Labute approximate surface area is 127 Å². The van der Waals surface area contributed by atoms with Crippen LogP contribution in [0, 0.1) is 0 Å². The van der Waals surface area contributed by atoms with E-state index < -0.39 is 0 Å². The lowest BCUT2D eigenvalue weighted by molar-refractivity contribution is -0.118. The maximum absolute atomic E-state index is 12.1. The van der Waals surface area contributed by atoms with Crippen LogP contribution >= 0.6 is 15.9 Å². The average molecular weight is 334 g/mol. The third-order valence-corrected chi connectivity index (χ3v) is 3.54. The number of ether oxygens (including phenoxy) is 1. The second-order valence-electron chi connectivity index (χ2n) is 4.53. The standard InChI is InChI=1S/C16H16BrNO2/c1-20-16-7-5-14(17)9-13(16)10-15(19)6-4-12-3-2-8-18-11-12/h2-3,5,7-9,11H,4,6,10H2,1H3. The van der Waals surface area contributed by atoms with Gasteiger partial charge in [0.15, 0.2) is 0 Å². The van der Waals surface area contributed by atoms with Gasteiger partial charge in [0.2, 0.25) is 0 Å². The Kier molecular flexibility index (Phi) is 5.30. The van der Waals surface area contributed by atoms with Crippen LogP contribution in [0.3, 0.4) is 0 Å². The lowest BCUT2D eigenvalue weighted by atomic mass is 10.0. The van der Waals surface area contributed by atoms with E-state index in [0.29, 0.717) is 12.8 Å². The van der Waals surface area contributed by atoms with Crippen molar-refractivity contribution in [2.24, 2.45) is 0 Å². The van der Waals surface area contributed by atoms with Gasteiger partial charge in [0.1, 0.15) is 11.5 Å². The molecule has 0 aliphatic heterocycles. The highest BCUT2D eigenvalue weighted by molar-refractivity contribution is 9.10. The molecule has 0 saturated carbocycles. The zero-order chi connectivity index (χ0) is 14.4. The average Bonchev–Trinajstić information content (AvgIpc) is 2.46. The number of halogens is 1. The van der Waals surface area contributed by atoms with Gasteiger partial charge in [-0.3, -0.25) is 9.78 Å². The summed E-state index contributed by atoms with van der Waals surface area (Å²) in [6, 6.07) is 9.58. The van der Waals surface area contributed by atoms with E-state index in [-0.39, 0.29) is 5.78 Å². The molecule has 1 heterocycles. The lowest BCUT2D eigenvalue weighted by Crippen LogP contribution is -2.06. The fourth-order valence-corrected chi connectivity index (χ4v) is 2.42. The zero-order valence-corrected chi connectivity index (χ0v) is 12.9. The fraction of sp³-hybridized carbons (Fsp3) is 0.250. The minimum absolute atomic E-state index is 0.199. The zero-order valence-electron chi connectivity index (χ0n) is 11.3. The first-order valence-electron chi connectivity index (χ1n) is 6.42. The molecule has 0 N–H and O–H groups in total. The van der Waals surface area contributed by atoms with Crippen LogP contribution in [-0.2, 0) is 17.6 Å². The van der Waals surface area contributed by atoms with E-state index in [2.05, 4.69) is 20.9 Å². The highest BCUT2D eigenvalue weighted by Crippen LogP contribution is 2.24. The predicted octanol–water partition coefficient (Wildman–Crippen LogP) is 3.60. The second-order valence-corrected chi connectivity index (χ2v) is 5.45. The first-order chi connectivity index (χ1) is 9.69. The SMILES string of the molecule is COc1ccc(Br)cc1CC(=O)CCc1cccnc1. The van der Waals surface area contributed by atoms with E-state index in [1.54, 1.807) is 19.5 Å². The predicted molar refractivity (Wildman–Crippen MR) is 82.0 cm³/mol. The molecule has 3 nitrogen and oxygen atoms in total. The van der Waals surface area contributed by atoms with Crippen LogP contribution < -0.4 is 4.74 Å². The molecule has 0 atom stereocenters. The molecule has 0 spiro atoms. The number of ketones is 1. The third-order valence-electron chi connectivity index (χ3n) is 3.05. The molecule has 0 aliphatic carbocycles. The summed E-state index contributed by atoms with van der Waals surface area (Å²) >= 11 is 3.42. The number of hydrogen-bond acceptors (Lipinski definition) is 3. The van der Waals surface area contributed by atoms with Gasteiger partial charge in [-0.2, -0.15) is 0 Å². The first-order valence-corrected chi connectivity index (χ1v) is 7.21. The van der Waals surface area contributed by atoms with Crippen LogP contribution in [0.15, 0.2) is 47.2 Å². The Morgan fingerprint density at radius 3 is 2.90 bits per heavy atom. The topological polar surface area (TPSA) is 39.2 Å². The van der Waals surface area contributed by atoms with E-state index in [1.165, 1.54) is 0 Å². The van der Waals surface area contributed by atoms with Crippen molar-refractivity contribution in [1.29, 1.82) is 0 Å². The van der Waals surface area contributed by atoms with E-state index in [1.807, 2.05) is 30.3 Å². The molecule has 0 saturated heterocycles. The number of benzene rings is 1. The van der Waals surface area contributed by atoms with E-state index >= 15 is 0 Å². The summed E-state index contributed by atoms with van der Waals surface area (Å²) in [6.45, 7) is 0. The van der Waals surface area contributed by atoms with Crippen LogP contribution in [0.2, 0.25) is 0 Å².